The molecule has 110 valence electrons. The van der Waals surface area contributed by atoms with Crippen molar-refractivity contribution >= 4 is 27.7 Å². The Balaban J connectivity index is 2.10. The van der Waals surface area contributed by atoms with E-state index in [2.05, 4.69) is 31.2 Å². The van der Waals surface area contributed by atoms with Crippen molar-refractivity contribution in [2.75, 3.05) is 19.0 Å². The highest BCUT2D eigenvalue weighted by Crippen LogP contribution is 2.15. The Hall–Kier alpha value is -1.95. The van der Waals surface area contributed by atoms with Crippen LogP contribution in [0, 0.1) is 6.92 Å². The van der Waals surface area contributed by atoms with Gasteiger partial charge in [-0.2, -0.15) is 0 Å². The number of benzene rings is 1. The number of carbonyl (C=O) groups excluding carboxylic acids is 1. The van der Waals surface area contributed by atoms with Crippen LogP contribution in [0.2, 0.25) is 0 Å². The van der Waals surface area contributed by atoms with Crippen molar-refractivity contribution < 1.29 is 4.79 Å². The molecule has 0 bridgehead atoms. The lowest BCUT2D eigenvalue weighted by Gasteiger charge is -2.13. The molecule has 0 unspecified atom stereocenters. The van der Waals surface area contributed by atoms with Crippen molar-refractivity contribution in [3.63, 3.8) is 0 Å². The molecular formula is C15H17BrN4O. The third kappa shape index (κ3) is 4.01. The first-order valence-corrected chi connectivity index (χ1v) is 7.31. The van der Waals surface area contributed by atoms with Crippen LogP contribution in [0.5, 0.6) is 0 Å². The van der Waals surface area contributed by atoms with Gasteiger partial charge in [0.15, 0.2) is 0 Å². The minimum atomic E-state index is -0.154. The maximum atomic E-state index is 12.1. The van der Waals surface area contributed by atoms with Gasteiger partial charge in [-0.1, -0.05) is 12.1 Å². The Kier molecular flexibility index (Phi) is 4.90. The fourth-order valence-electron chi connectivity index (χ4n) is 1.82. The molecule has 21 heavy (non-hydrogen) atoms. The summed E-state index contributed by atoms with van der Waals surface area (Å²) in [5.41, 5.74) is 1.47. The smallest absolute Gasteiger partial charge is 0.252 e. The van der Waals surface area contributed by atoms with Gasteiger partial charge in [-0.05, 0) is 35.0 Å². The Morgan fingerprint density at radius 2 is 2.00 bits per heavy atom. The summed E-state index contributed by atoms with van der Waals surface area (Å²) in [6, 6.07) is 9.20. The van der Waals surface area contributed by atoms with Crippen molar-refractivity contribution in [1.82, 2.24) is 15.3 Å². The van der Waals surface area contributed by atoms with Crippen LogP contribution in [-0.4, -0.2) is 30.0 Å². The summed E-state index contributed by atoms with van der Waals surface area (Å²) in [7, 11) is 3.84. The normalized spacial score (nSPS) is 10.3. The van der Waals surface area contributed by atoms with Gasteiger partial charge in [-0.25, -0.2) is 9.97 Å². The van der Waals surface area contributed by atoms with E-state index in [9.17, 15) is 4.79 Å². The fourth-order valence-corrected chi connectivity index (χ4v) is 2.29. The molecule has 1 aromatic carbocycles. The third-order valence-corrected chi connectivity index (χ3v) is 3.56. The van der Waals surface area contributed by atoms with Crippen LogP contribution in [0.3, 0.4) is 0 Å². The third-order valence-electron chi connectivity index (χ3n) is 2.87. The molecule has 1 amide bonds. The van der Waals surface area contributed by atoms with Crippen LogP contribution < -0.4 is 10.2 Å². The highest BCUT2D eigenvalue weighted by Gasteiger charge is 2.10. The van der Waals surface area contributed by atoms with Gasteiger partial charge in [0.1, 0.15) is 11.6 Å². The first kappa shape index (κ1) is 15.4. The predicted octanol–water partition coefficient (Wildman–Crippen LogP) is 2.54. The van der Waals surface area contributed by atoms with Gasteiger partial charge in [-0.15, -0.1) is 0 Å². The maximum absolute atomic E-state index is 12.1. The molecule has 0 aliphatic heterocycles. The number of amides is 1. The van der Waals surface area contributed by atoms with E-state index >= 15 is 0 Å². The molecule has 0 radical (unpaired) electrons. The minimum absolute atomic E-state index is 0.154. The largest absolute Gasteiger partial charge is 0.363 e. The van der Waals surface area contributed by atoms with E-state index in [1.54, 1.807) is 6.07 Å². The second-order valence-corrected chi connectivity index (χ2v) is 5.70. The Morgan fingerprint density at radius 1 is 1.29 bits per heavy atom. The molecule has 0 fully saturated rings. The molecule has 1 N–H and O–H groups in total. The Morgan fingerprint density at radius 3 is 2.67 bits per heavy atom. The zero-order valence-electron chi connectivity index (χ0n) is 12.2. The standard InChI is InChI=1S/C15H17BrN4O/c1-10-8-14(20(2)3)19-13(18-10)9-17-15(21)11-6-4-5-7-12(11)16/h4-8H,9H2,1-3H3,(H,17,21). The number of hydrogen-bond acceptors (Lipinski definition) is 4. The van der Waals surface area contributed by atoms with E-state index in [1.165, 1.54) is 0 Å². The summed E-state index contributed by atoms with van der Waals surface area (Å²) in [6.45, 7) is 2.20. The van der Waals surface area contributed by atoms with Crippen molar-refractivity contribution in [3.8, 4) is 0 Å². The van der Waals surface area contributed by atoms with E-state index in [-0.39, 0.29) is 5.91 Å². The first-order chi connectivity index (χ1) is 9.97. The maximum Gasteiger partial charge on any atom is 0.252 e. The van der Waals surface area contributed by atoms with E-state index < -0.39 is 0 Å². The molecular weight excluding hydrogens is 332 g/mol. The molecule has 0 aliphatic carbocycles. The number of nitrogens with zero attached hydrogens (tertiary/aromatic N) is 3. The van der Waals surface area contributed by atoms with Gasteiger partial charge in [-0.3, -0.25) is 4.79 Å². The van der Waals surface area contributed by atoms with Crippen LogP contribution in [0.4, 0.5) is 5.82 Å². The Bertz CT molecular complexity index is 658. The van der Waals surface area contributed by atoms with Crippen molar-refractivity contribution in [2.24, 2.45) is 0 Å². The lowest BCUT2D eigenvalue weighted by atomic mass is 10.2. The van der Waals surface area contributed by atoms with Gasteiger partial charge in [0.2, 0.25) is 0 Å². The Labute approximate surface area is 132 Å². The van der Waals surface area contributed by atoms with Gasteiger partial charge in [0.25, 0.3) is 5.91 Å². The second kappa shape index (κ2) is 6.67. The van der Waals surface area contributed by atoms with Crippen LogP contribution in [0.25, 0.3) is 0 Å². The van der Waals surface area contributed by atoms with E-state index in [4.69, 9.17) is 0 Å². The van der Waals surface area contributed by atoms with Crippen LogP contribution in [-0.2, 0) is 6.54 Å². The summed E-state index contributed by atoms with van der Waals surface area (Å²) < 4.78 is 0.765. The quantitative estimate of drug-likeness (QED) is 0.922. The molecule has 0 aliphatic rings. The summed E-state index contributed by atoms with van der Waals surface area (Å²) in [5.74, 6) is 1.27. The molecule has 0 saturated carbocycles. The van der Waals surface area contributed by atoms with E-state index in [0.717, 1.165) is 16.0 Å². The van der Waals surface area contributed by atoms with Crippen molar-refractivity contribution in [2.45, 2.75) is 13.5 Å². The fraction of sp³-hybridized carbons (Fsp3) is 0.267. The number of nitrogens with one attached hydrogen (secondary N) is 1. The zero-order valence-corrected chi connectivity index (χ0v) is 13.8. The van der Waals surface area contributed by atoms with Gasteiger partial charge >= 0.3 is 0 Å². The second-order valence-electron chi connectivity index (χ2n) is 4.84. The van der Waals surface area contributed by atoms with Crippen molar-refractivity contribution in [1.29, 1.82) is 0 Å². The molecule has 0 spiro atoms. The lowest BCUT2D eigenvalue weighted by molar-refractivity contribution is 0.0949. The topological polar surface area (TPSA) is 58.1 Å². The number of halogens is 1. The number of hydrogen-bond donors (Lipinski definition) is 1. The summed E-state index contributed by atoms with van der Waals surface area (Å²) in [5, 5.41) is 2.84. The van der Waals surface area contributed by atoms with E-state index in [1.807, 2.05) is 50.2 Å². The molecule has 6 heteroatoms. The molecule has 1 aromatic heterocycles. The molecule has 5 nitrogen and oxygen atoms in total. The molecule has 0 saturated heterocycles. The van der Waals surface area contributed by atoms with Gasteiger partial charge in [0.05, 0.1) is 12.1 Å². The van der Waals surface area contributed by atoms with Gasteiger partial charge in [0, 0.05) is 30.3 Å². The SMILES string of the molecule is Cc1cc(N(C)C)nc(CNC(=O)c2ccccc2Br)n1. The monoisotopic (exact) mass is 348 g/mol. The molecule has 2 rings (SSSR count). The molecule has 0 atom stereocenters. The zero-order chi connectivity index (χ0) is 15.4. The van der Waals surface area contributed by atoms with Crippen LogP contribution in [0.1, 0.15) is 21.9 Å². The van der Waals surface area contributed by atoms with Crippen molar-refractivity contribution in [3.05, 3.63) is 51.9 Å². The predicted molar refractivity (Wildman–Crippen MR) is 86.4 cm³/mol. The summed E-state index contributed by atoms with van der Waals surface area (Å²) in [6.07, 6.45) is 0. The first-order valence-electron chi connectivity index (χ1n) is 6.52. The van der Waals surface area contributed by atoms with Gasteiger partial charge < -0.3 is 10.2 Å². The number of anilines is 1. The number of aromatic nitrogens is 2. The van der Waals surface area contributed by atoms with Crippen LogP contribution >= 0.6 is 15.9 Å². The van der Waals surface area contributed by atoms with E-state index in [0.29, 0.717) is 17.9 Å². The summed E-state index contributed by atoms with van der Waals surface area (Å²) >= 11 is 3.37. The minimum Gasteiger partial charge on any atom is -0.363 e. The average molecular weight is 349 g/mol. The lowest BCUT2D eigenvalue weighted by Crippen LogP contribution is -2.25. The highest BCUT2D eigenvalue weighted by atomic mass is 79.9. The summed E-state index contributed by atoms with van der Waals surface area (Å²) in [4.78, 5) is 22.8. The molecule has 2 aromatic rings. The molecule has 1 heterocycles. The number of rotatable bonds is 4. The van der Waals surface area contributed by atoms with Crippen LogP contribution in [0.15, 0.2) is 34.8 Å². The number of aryl methyl sites for hydroxylation is 1. The average Bonchev–Trinajstić information content (AvgIpc) is 2.44. The highest BCUT2D eigenvalue weighted by molar-refractivity contribution is 9.10. The number of carbonyl (C=O) groups is 1.